The summed E-state index contributed by atoms with van der Waals surface area (Å²) in [5.41, 5.74) is 3.71. The van der Waals surface area contributed by atoms with Crippen molar-refractivity contribution in [2.24, 2.45) is 5.92 Å². The number of fused-ring (bicyclic) bond motifs is 1. The van der Waals surface area contributed by atoms with Gasteiger partial charge in [-0.1, -0.05) is 18.2 Å². The molecule has 1 saturated carbocycles. The predicted molar refractivity (Wildman–Crippen MR) is 104 cm³/mol. The van der Waals surface area contributed by atoms with E-state index in [1.807, 2.05) is 23.1 Å². The van der Waals surface area contributed by atoms with Gasteiger partial charge < -0.3 is 10.2 Å². The van der Waals surface area contributed by atoms with E-state index in [2.05, 4.69) is 5.32 Å². The van der Waals surface area contributed by atoms with Crippen molar-refractivity contribution in [2.45, 2.75) is 32.2 Å². The van der Waals surface area contributed by atoms with Gasteiger partial charge in [-0.25, -0.2) is 0 Å². The molecule has 7 heteroatoms. The zero-order valence-corrected chi connectivity index (χ0v) is 15.4. The number of non-ortho nitro benzene ring substituents is 1. The first kappa shape index (κ1) is 18.2. The molecule has 4 rings (SSSR count). The molecule has 2 amide bonds. The van der Waals surface area contributed by atoms with Crippen LogP contribution >= 0.6 is 0 Å². The lowest BCUT2D eigenvalue weighted by Crippen LogP contribution is -2.36. The van der Waals surface area contributed by atoms with Gasteiger partial charge in [0.2, 0.25) is 11.8 Å². The van der Waals surface area contributed by atoms with Crippen LogP contribution in [-0.4, -0.2) is 28.2 Å². The molecule has 0 bridgehead atoms. The molecule has 7 nitrogen and oxygen atoms in total. The van der Waals surface area contributed by atoms with Gasteiger partial charge in [-0.15, -0.1) is 0 Å². The predicted octanol–water partition coefficient (Wildman–Crippen LogP) is 3.07. The molecule has 28 heavy (non-hydrogen) atoms. The van der Waals surface area contributed by atoms with Crippen LogP contribution in [0.25, 0.3) is 0 Å². The van der Waals surface area contributed by atoms with Gasteiger partial charge in [0.1, 0.15) is 0 Å². The van der Waals surface area contributed by atoms with Crippen LogP contribution in [0.1, 0.15) is 29.5 Å². The average molecular weight is 379 g/mol. The maximum atomic E-state index is 12.3. The molecule has 0 spiro atoms. The Morgan fingerprint density at radius 2 is 1.86 bits per heavy atom. The van der Waals surface area contributed by atoms with Crippen LogP contribution in [0.15, 0.2) is 42.5 Å². The molecule has 1 aliphatic heterocycles. The topological polar surface area (TPSA) is 92.5 Å². The second-order valence-corrected chi connectivity index (χ2v) is 7.42. The number of benzene rings is 2. The fourth-order valence-corrected chi connectivity index (χ4v) is 3.54. The number of hydrogen-bond acceptors (Lipinski definition) is 4. The van der Waals surface area contributed by atoms with Crippen LogP contribution in [0.4, 0.5) is 11.4 Å². The Kier molecular flexibility index (Phi) is 4.81. The largest absolute Gasteiger partial charge is 0.338 e. The van der Waals surface area contributed by atoms with Crippen molar-refractivity contribution in [3.63, 3.8) is 0 Å². The van der Waals surface area contributed by atoms with Crippen LogP contribution in [0, 0.1) is 16.0 Å². The molecule has 1 aliphatic carbocycles. The van der Waals surface area contributed by atoms with Crippen molar-refractivity contribution in [1.29, 1.82) is 0 Å². The average Bonchev–Trinajstić information content (AvgIpc) is 3.52. The number of amides is 2. The third kappa shape index (κ3) is 4.03. The minimum absolute atomic E-state index is 0.00384. The number of anilines is 1. The van der Waals surface area contributed by atoms with E-state index in [0.29, 0.717) is 17.8 Å². The fraction of sp³-hybridized carbons (Fsp3) is 0.333. The second-order valence-electron chi connectivity index (χ2n) is 7.42. The molecule has 2 aromatic carbocycles. The zero-order valence-electron chi connectivity index (χ0n) is 15.4. The van der Waals surface area contributed by atoms with E-state index in [-0.39, 0.29) is 29.8 Å². The molecule has 0 atom stereocenters. The normalized spacial score (nSPS) is 15.6. The van der Waals surface area contributed by atoms with Gasteiger partial charge in [-0.3, -0.25) is 19.7 Å². The Bertz CT molecular complexity index is 935. The highest BCUT2D eigenvalue weighted by Gasteiger charge is 2.34. The molecule has 2 aliphatic rings. The minimum atomic E-state index is -0.464. The summed E-state index contributed by atoms with van der Waals surface area (Å²) in [6, 6.07) is 11.8. The molecule has 1 N–H and O–H groups in total. The fourth-order valence-electron chi connectivity index (χ4n) is 3.54. The van der Waals surface area contributed by atoms with E-state index < -0.39 is 4.92 Å². The lowest BCUT2D eigenvalue weighted by Gasteiger charge is -2.29. The van der Waals surface area contributed by atoms with E-state index in [1.165, 1.54) is 17.7 Å². The van der Waals surface area contributed by atoms with Crippen LogP contribution < -0.4 is 5.32 Å². The number of nitro benzene ring substituents is 1. The molecule has 0 unspecified atom stereocenters. The maximum absolute atomic E-state index is 12.3. The lowest BCUT2D eigenvalue weighted by atomic mass is 9.98. The van der Waals surface area contributed by atoms with Crippen LogP contribution in [-0.2, 0) is 29.0 Å². The molecule has 0 saturated heterocycles. The van der Waals surface area contributed by atoms with E-state index >= 15 is 0 Å². The summed E-state index contributed by atoms with van der Waals surface area (Å²) < 4.78 is 0. The summed E-state index contributed by atoms with van der Waals surface area (Å²) >= 11 is 0. The zero-order chi connectivity index (χ0) is 19.7. The first-order valence-electron chi connectivity index (χ1n) is 9.43. The van der Waals surface area contributed by atoms with Crippen molar-refractivity contribution in [3.05, 3.63) is 69.3 Å². The molecule has 1 fully saturated rings. The summed E-state index contributed by atoms with van der Waals surface area (Å²) in [5.74, 6) is 0.278. The van der Waals surface area contributed by atoms with Crippen LogP contribution in [0.2, 0.25) is 0 Å². The van der Waals surface area contributed by atoms with E-state index in [4.69, 9.17) is 0 Å². The number of carbonyl (C=O) groups excluding carboxylic acids is 2. The van der Waals surface area contributed by atoms with Crippen molar-refractivity contribution in [2.75, 3.05) is 11.9 Å². The smallest absolute Gasteiger partial charge is 0.269 e. The molecular formula is C21H21N3O4. The number of nitrogens with one attached hydrogen (secondary N) is 1. The molecule has 1 heterocycles. The first-order chi connectivity index (χ1) is 13.5. The van der Waals surface area contributed by atoms with Gasteiger partial charge in [-0.2, -0.15) is 0 Å². The van der Waals surface area contributed by atoms with E-state index in [0.717, 1.165) is 31.4 Å². The summed E-state index contributed by atoms with van der Waals surface area (Å²) in [6.07, 6.45) is 2.98. The van der Waals surface area contributed by atoms with Crippen molar-refractivity contribution in [3.8, 4) is 0 Å². The third-order valence-electron chi connectivity index (χ3n) is 5.25. The van der Waals surface area contributed by atoms with E-state index in [9.17, 15) is 19.7 Å². The molecule has 0 radical (unpaired) electrons. The van der Waals surface area contributed by atoms with Crippen LogP contribution in [0.3, 0.4) is 0 Å². The van der Waals surface area contributed by atoms with Gasteiger partial charge in [0.15, 0.2) is 0 Å². The standard InChI is InChI=1S/C21H21N3O4/c25-20(11-14-1-7-19(8-2-14)24(27)28)22-18-6-5-15-9-10-23(13-17(15)12-18)21(26)16-3-4-16/h1-2,5-8,12,16H,3-4,9-11,13H2,(H,22,25). The Morgan fingerprint density at radius 3 is 2.54 bits per heavy atom. The van der Waals surface area contributed by atoms with Gasteiger partial charge >= 0.3 is 0 Å². The van der Waals surface area contributed by atoms with Crippen molar-refractivity contribution < 1.29 is 14.5 Å². The lowest BCUT2D eigenvalue weighted by molar-refractivity contribution is -0.384. The number of nitrogens with zero attached hydrogens (tertiary/aromatic N) is 2. The first-order valence-corrected chi connectivity index (χ1v) is 9.43. The molecular weight excluding hydrogens is 358 g/mol. The van der Waals surface area contributed by atoms with Gasteiger partial charge in [0.05, 0.1) is 11.3 Å². The van der Waals surface area contributed by atoms with Gasteiger partial charge in [0, 0.05) is 36.8 Å². The quantitative estimate of drug-likeness (QED) is 0.638. The molecule has 2 aromatic rings. The highest BCUT2D eigenvalue weighted by Crippen LogP contribution is 2.33. The highest BCUT2D eigenvalue weighted by atomic mass is 16.6. The number of carbonyl (C=O) groups is 2. The number of hydrogen-bond donors (Lipinski definition) is 1. The monoisotopic (exact) mass is 379 g/mol. The molecule has 0 aromatic heterocycles. The Balaban J connectivity index is 1.39. The Labute approximate surface area is 162 Å². The van der Waals surface area contributed by atoms with Gasteiger partial charge in [-0.05, 0) is 48.1 Å². The number of nitro groups is 1. The summed E-state index contributed by atoms with van der Waals surface area (Å²) in [7, 11) is 0. The van der Waals surface area contributed by atoms with Gasteiger partial charge in [0.25, 0.3) is 5.69 Å². The summed E-state index contributed by atoms with van der Waals surface area (Å²) in [5, 5.41) is 13.6. The Hall–Kier alpha value is -3.22. The number of rotatable bonds is 5. The minimum Gasteiger partial charge on any atom is -0.338 e. The maximum Gasteiger partial charge on any atom is 0.269 e. The SMILES string of the molecule is O=C(Cc1ccc([N+](=O)[O-])cc1)Nc1ccc2c(c1)CN(C(=O)C1CC1)CC2. The second kappa shape index (κ2) is 7.42. The Morgan fingerprint density at radius 1 is 1.11 bits per heavy atom. The van der Waals surface area contributed by atoms with Crippen LogP contribution in [0.5, 0.6) is 0 Å². The summed E-state index contributed by atoms with van der Waals surface area (Å²) in [4.78, 5) is 36.8. The third-order valence-corrected chi connectivity index (χ3v) is 5.25. The van der Waals surface area contributed by atoms with Crippen molar-refractivity contribution in [1.82, 2.24) is 4.90 Å². The van der Waals surface area contributed by atoms with E-state index in [1.54, 1.807) is 12.1 Å². The molecule has 144 valence electrons. The van der Waals surface area contributed by atoms with Crippen molar-refractivity contribution >= 4 is 23.2 Å². The summed E-state index contributed by atoms with van der Waals surface area (Å²) in [6.45, 7) is 1.35. The highest BCUT2D eigenvalue weighted by molar-refractivity contribution is 5.92.